The molecule has 0 aromatic heterocycles. The molecular formula is C26H36N4O3. The second-order valence-electron chi connectivity index (χ2n) is 10.6. The molecule has 1 atom stereocenters. The second kappa shape index (κ2) is 9.09. The van der Waals surface area contributed by atoms with Crippen LogP contribution in [0.2, 0.25) is 0 Å². The molecule has 33 heavy (non-hydrogen) atoms. The van der Waals surface area contributed by atoms with Crippen LogP contribution < -0.4 is 10.2 Å². The zero-order valence-corrected chi connectivity index (χ0v) is 19.9. The quantitative estimate of drug-likeness (QED) is 0.644. The Labute approximate surface area is 196 Å². The van der Waals surface area contributed by atoms with Gasteiger partial charge in [-0.15, -0.1) is 0 Å². The third-order valence-corrected chi connectivity index (χ3v) is 8.18. The van der Waals surface area contributed by atoms with Crippen LogP contribution in [0.3, 0.4) is 0 Å². The van der Waals surface area contributed by atoms with Gasteiger partial charge in [0.1, 0.15) is 6.04 Å². The summed E-state index contributed by atoms with van der Waals surface area (Å²) < 4.78 is 0. The van der Waals surface area contributed by atoms with Crippen molar-refractivity contribution in [2.45, 2.75) is 82.5 Å². The van der Waals surface area contributed by atoms with Crippen LogP contribution in [0.4, 0.5) is 5.69 Å². The molecule has 5 rings (SSSR count). The molecule has 2 aliphatic heterocycles. The summed E-state index contributed by atoms with van der Waals surface area (Å²) in [7, 11) is 4.35. The summed E-state index contributed by atoms with van der Waals surface area (Å²) >= 11 is 0. The number of carbonyl (C=O) groups is 3. The number of carbonyl (C=O) groups excluding carboxylic acids is 3. The lowest BCUT2D eigenvalue weighted by Crippen LogP contribution is -2.52. The number of nitrogens with one attached hydrogen (secondary N) is 1. The Morgan fingerprint density at radius 1 is 0.970 bits per heavy atom. The zero-order valence-electron chi connectivity index (χ0n) is 19.9. The molecule has 3 amide bonds. The number of rotatable bonds is 7. The van der Waals surface area contributed by atoms with Crippen LogP contribution in [0.1, 0.15) is 73.7 Å². The van der Waals surface area contributed by atoms with E-state index in [1.807, 2.05) is 12.1 Å². The number of benzene rings is 1. The number of fused-ring (bicyclic) bond motifs is 1. The number of amides is 3. The molecule has 1 aromatic rings. The van der Waals surface area contributed by atoms with Crippen LogP contribution in [0, 0.1) is 5.92 Å². The van der Waals surface area contributed by atoms with Crippen molar-refractivity contribution in [1.29, 1.82) is 0 Å². The van der Waals surface area contributed by atoms with Gasteiger partial charge in [-0.3, -0.25) is 19.7 Å². The molecule has 3 fully saturated rings. The van der Waals surface area contributed by atoms with Crippen LogP contribution in [0.5, 0.6) is 0 Å². The fraction of sp³-hybridized carbons (Fsp3) is 0.654. The molecule has 1 saturated heterocycles. The van der Waals surface area contributed by atoms with E-state index in [2.05, 4.69) is 35.3 Å². The smallest absolute Gasteiger partial charge is 0.255 e. The molecule has 7 heteroatoms. The number of imide groups is 1. The molecule has 1 aromatic carbocycles. The minimum Gasteiger partial charge on any atom is -0.368 e. The van der Waals surface area contributed by atoms with E-state index in [1.165, 1.54) is 50.6 Å². The molecule has 7 nitrogen and oxygen atoms in total. The minimum atomic E-state index is -0.564. The highest BCUT2D eigenvalue weighted by Gasteiger charge is 2.41. The summed E-state index contributed by atoms with van der Waals surface area (Å²) in [5.74, 6) is 0.172. The van der Waals surface area contributed by atoms with Crippen LogP contribution >= 0.6 is 0 Å². The first-order chi connectivity index (χ1) is 15.9. The Morgan fingerprint density at radius 2 is 1.70 bits per heavy atom. The third kappa shape index (κ3) is 4.52. The van der Waals surface area contributed by atoms with Crippen molar-refractivity contribution in [2.75, 3.05) is 25.5 Å². The Hall–Kier alpha value is -2.41. The van der Waals surface area contributed by atoms with E-state index in [9.17, 15) is 14.4 Å². The van der Waals surface area contributed by atoms with Crippen molar-refractivity contribution < 1.29 is 14.4 Å². The van der Waals surface area contributed by atoms with E-state index in [1.54, 1.807) is 4.90 Å². The van der Waals surface area contributed by atoms with E-state index >= 15 is 0 Å². The Morgan fingerprint density at radius 3 is 2.36 bits per heavy atom. The summed E-state index contributed by atoms with van der Waals surface area (Å²) in [6.07, 6.45) is 9.32. The van der Waals surface area contributed by atoms with E-state index in [-0.39, 0.29) is 24.1 Å². The lowest BCUT2D eigenvalue weighted by atomic mass is 9.88. The number of hydrogen-bond donors (Lipinski definition) is 1. The first-order valence-electron chi connectivity index (χ1n) is 12.6. The second-order valence-corrected chi connectivity index (χ2v) is 10.6. The van der Waals surface area contributed by atoms with Crippen molar-refractivity contribution in [3.05, 3.63) is 29.3 Å². The molecule has 0 spiro atoms. The van der Waals surface area contributed by atoms with Crippen LogP contribution in [0.25, 0.3) is 0 Å². The van der Waals surface area contributed by atoms with Crippen molar-refractivity contribution >= 4 is 23.4 Å². The molecule has 2 aliphatic carbocycles. The highest BCUT2D eigenvalue weighted by molar-refractivity contribution is 6.06. The van der Waals surface area contributed by atoms with Gasteiger partial charge in [0.05, 0.1) is 0 Å². The number of anilines is 1. The average molecular weight is 453 g/mol. The summed E-state index contributed by atoms with van der Waals surface area (Å²) in [4.78, 5) is 44.0. The van der Waals surface area contributed by atoms with E-state index in [0.29, 0.717) is 25.0 Å². The number of hydrogen-bond acceptors (Lipinski definition) is 5. The van der Waals surface area contributed by atoms with Gasteiger partial charge in [0.2, 0.25) is 11.8 Å². The maximum atomic E-state index is 13.3. The standard InChI is InChI=1S/C26H36N4O3/c1-28(2)18-8-10-19(11-9-18)29(15-14-17-6-7-17)22-5-3-4-20-21(22)16-30(26(20)33)23-12-13-24(31)27-25(23)32/h3-5,17-19,23H,6-16H2,1-2H3,(H,27,31,32). The van der Waals surface area contributed by atoms with Crippen molar-refractivity contribution in [1.82, 2.24) is 15.1 Å². The highest BCUT2D eigenvalue weighted by Crippen LogP contribution is 2.39. The fourth-order valence-electron chi connectivity index (χ4n) is 5.95. The zero-order chi connectivity index (χ0) is 23.1. The Balaban J connectivity index is 1.39. The summed E-state index contributed by atoms with van der Waals surface area (Å²) in [6.45, 7) is 1.48. The van der Waals surface area contributed by atoms with Gasteiger partial charge in [0.15, 0.2) is 0 Å². The number of piperidine rings is 1. The van der Waals surface area contributed by atoms with E-state index in [4.69, 9.17) is 0 Å². The molecule has 2 saturated carbocycles. The molecule has 1 unspecified atom stereocenters. The van der Waals surface area contributed by atoms with Gasteiger partial charge in [0.25, 0.3) is 5.91 Å². The predicted molar refractivity (Wildman–Crippen MR) is 127 cm³/mol. The van der Waals surface area contributed by atoms with Gasteiger partial charge in [0, 0.05) is 48.4 Å². The maximum Gasteiger partial charge on any atom is 0.255 e. The first-order valence-corrected chi connectivity index (χ1v) is 12.6. The molecule has 178 valence electrons. The van der Waals surface area contributed by atoms with Gasteiger partial charge >= 0.3 is 0 Å². The van der Waals surface area contributed by atoms with Crippen LogP contribution in [0.15, 0.2) is 18.2 Å². The minimum absolute atomic E-state index is 0.0835. The predicted octanol–water partition coefficient (Wildman–Crippen LogP) is 2.93. The topological polar surface area (TPSA) is 73.0 Å². The summed E-state index contributed by atoms with van der Waals surface area (Å²) in [5.41, 5.74) is 2.94. The molecule has 2 heterocycles. The van der Waals surface area contributed by atoms with Gasteiger partial charge in [-0.25, -0.2) is 0 Å². The van der Waals surface area contributed by atoms with Crippen molar-refractivity contribution in [3.63, 3.8) is 0 Å². The van der Waals surface area contributed by atoms with Crippen molar-refractivity contribution in [3.8, 4) is 0 Å². The SMILES string of the molecule is CN(C)C1CCC(N(CCC2CC2)c2cccc3c2CN(C2CCC(=O)NC2=O)C3=O)CC1. The molecular weight excluding hydrogens is 416 g/mol. The highest BCUT2D eigenvalue weighted by atomic mass is 16.2. The Kier molecular flexibility index (Phi) is 6.16. The molecule has 0 radical (unpaired) electrons. The van der Waals surface area contributed by atoms with Gasteiger partial charge in [-0.1, -0.05) is 18.9 Å². The van der Waals surface area contributed by atoms with Gasteiger partial charge < -0.3 is 14.7 Å². The maximum absolute atomic E-state index is 13.3. The summed E-state index contributed by atoms with van der Waals surface area (Å²) in [5, 5.41) is 2.41. The van der Waals surface area contributed by atoms with Gasteiger partial charge in [-0.05, 0) is 70.7 Å². The molecule has 0 bridgehead atoms. The van der Waals surface area contributed by atoms with Gasteiger partial charge in [-0.2, -0.15) is 0 Å². The van der Waals surface area contributed by atoms with Crippen LogP contribution in [-0.2, 0) is 16.1 Å². The average Bonchev–Trinajstić information content (AvgIpc) is 3.57. The molecule has 4 aliphatic rings. The normalized spacial score (nSPS) is 27.7. The lowest BCUT2D eigenvalue weighted by molar-refractivity contribution is -0.136. The van der Waals surface area contributed by atoms with Crippen molar-refractivity contribution in [2.24, 2.45) is 5.92 Å². The fourth-order valence-corrected chi connectivity index (χ4v) is 5.95. The Bertz CT molecular complexity index is 933. The van der Waals surface area contributed by atoms with Crippen LogP contribution in [-0.4, -0.2) is 66.3 Å². The third-order valence-electron chi connectivity index (χ3n) is 8.18. The van der Waals surface area contributed by atoms with E-state index < -0.39 is 6.04 Å². The largest absolute Gasteiger partial charge is 0.368 e. The lowest BCUT2D eigenvalue weighted by Gasteiger charge is -2.41. The summed E-state index contributed by atoms with van der Waals surface area (Å²) in [6, 6.07) is 6.64. The molecule has 1 N–H and O–H groups in total. The monoisotopic (exact) mass is 452 g/mol. The van der Waals surface area contributed by atoms with E-state index in [0.717, 1.165) is 23.6 Å². The number of nitrogens with zero attached hydrogens (tertiary/aromatic N) is 3. The first kappa shape index (κ1) is 22.4.